The second-order valence-corrected chi connectivity index (χ2v) is 9.24. The minimum atomic E-state index is -4.09. The van der Waals surface area contributed by atoms with E-state index in [4.69, 9.17) is 11.6 Å². The number of hydrogen-bond donors (Lipinski definition) is 1. The van der Waals surface area contributed by atoms with Gasteiger partial charge in [0.1, 0.15) is 0 Å². The van der Waals surface area contributed by atoms with Crippen LogP contribution in [0.2, 0.25) is 5.02 Å². The predicted octanol–water partition coefficient (Wildman–Crippen LogP) is 2.17. The fourth-order valence-electron chi connectivity index (χ4n) is 1.99. The van der Waals surface area contributed by atoms with E-state index >= 15 is 0 Å². The Morgan fingerprint density at radius 2 is 1.58 bits per heavy atom. The van der Waals surface area contributed by atoms with Gasteiger partial charge in [0.15, 0.2) is 9.84 Å². The Morgan fingerprint density at radius 3 is 2.12 bits per heavy atom. The first kappa shape index (κ1) is 18.4. The molecular formula is C15H14ClNO5S2. The van der Waals surface area contributed by atoms with Crippen LogP contribution in [0, 0.1) is 6.92 Å². The summed E-state index contributed by atoms with van der Waals surface area (Å²) in [6.07, 6.45) is 1.02. The Balaban J connectivity index is 2.35. The van der Waals surface area contributed by atoms with Crippen molar-refractivity contribution in [3.63, 3.8) is 0 Å². The third-order valence-electron chi connectivity index (χ3n) is 3.20. The molecule has 0 aliphatic rings. The van der Waals surface area contributed by atoms with Gasteiger partial charge in [0.05, 0.1) is 9.79 Å². The van der Waals surface area contributed by atoms with Gasteiger partial charge in [-0.1, -0.05) is 17.7 Å². The van der Waals surface area contributed by atoms with Crippen LogP contribution in [0.4, 0.5) is 0 Å². The molecule has 0 spiro atoms. The van der Waals surface area contributed by atoms with E-state index in [0.29, 0.717) is 10.6 Å². The summed E-state index contributed by atoms with van der Waals surface area (Å²) in [5.74, 6) is -0.921. The second-order valence-electron chi connectivity index (χ2n) is 5.14. The third-order valence-corrected chi connectivity index (χ3v) is 6.04. The van der Waals surface area contributed by atoms with Crippen molar-refractivity contribution in [3.8, 4) is 0 Å². The van der Waals surface area contributed by atoms with Crippen LogP contribution in [0.1, 0.15) is 15.9 Å². The Bertz CT molecular complexity index is 997. The third kappa shape index (κ3) is 4.14. The maximum atomic E-state index is 12.2. The van der Waals surface area contributed by atoms with Crippen molar-refractivity contribution in [3.05, 3.63) is 58.6 Å². The first-order valence-electron chi connectivity index (χ1n) is 6.64. The lowest BCUT2D eigenvalue weighted by Gasteiger charge is -2.09. The summed E-state index contributed by atoms with van der Waals surface area (Å²) >= 11 is 5.70. The molecule has 0 aromatic heterocycles. The zero-order valence-electron chi connectivity index (χ0n) is 12.8. The van der Waals surface area contributed by atoms with Crippen LogP contribution < -0.4 is 4.72 Å². The summed E-state index contributed by atoms with van der Waals surface area (Å²) in [5, 5.41) is 0.358. The number of halogens is 1. The molecule has 24 heavy (non-hydrogen) atoms. The fourth-order valence-corrected chi connectivity index (χ4v) is 4.09. The highest BCUT2D eigenvalue weighted by atomic mass is 35.5. The Labute approximate surface area is 145 Å². The average Bonchev–Trinajstić information content (AvgIpc) is 2.46. The normalized spacial score (nSPS) is 12.0. The highest BCUT2D eigenvalue weighted by molar-refractivity contribution is 7.90. The summed E-state index contributed by atoms with van der Waals surface area (Å²) in [6, 6.07) is 9.24. The monoisotopic (exact) mass is 387 g/mol. The molecule has 0 radical (unpaired) electrons. The van der Waals surface area contributed by atoms with Crippen molar-refractivity contribution < 1.29 is 21.6 Å². The molecule has 0 aliphatic heterocycles. The maximum Gasteiger partial charge on any atom is 0.265 e. The molecule has 6 nitrogen and oxygen atoms in total. The largest absolute Gasteiger partial charge is 0.268 e. The number of benzene rings is 2. The lowest BCUT2D eigenvalue weighted by Crippen LogP contribution is -2.30. The maximum absolute atomic E-state index is 12.2. The number of amides is 1. The van der Waals surface area contributed by atoms with Crippen molar-refractivity contribution in [2.75, 3.05) is 6.26 Å². The number of carbonyl (C=O) groups excluding carboxylic acids is 1. The first-order valence-corrected chi connectivity index (χ1v) is 10.4. The molecule has 0 saturated heterocycles. The molecule has 2 aromatic rings. The Hall–Kier alpha value is -1.90. The van der Waals surface area contributed by atoms with E-state index in [-0.39, 0.29) is 15.4 Å². The molecule has 9 heteroatoms. The van der Waals surface area contributed by atoms with E-state index in [1.807, 2.05) is 4.72 Å². The number of hydrogen-bond acceptors (Lipinski definition) is 5. The van der Waals surface area contributed by atoms with E-state index in [1.165, 1.54) is 36.4 Å². The standard InChI is InChI=1S/C15H14ClNO5S2/c1-10-3-4-11(9-14(10)23(2,19)20)15(18)17-24(21,22)13-7-5-12(16)6-8-13/h3-9H,1-2H3,(H,17,18). The molecule has 128 valence electrons. The number of aryl methyl sites for hydroxylation is 1. The van der Waals surface area contributed by atoms with Crippen LogP contribution in [0.5, 0.6) is 0 Å². The predicted molar refractivity (Wildman–Crippen MR) is 90.4 cm³/mol. The van der Waals surface area contributed by atoms with Gasteiger partial charge in [0.2, 0.25) is 0 Å². The van der Waals surface area contributed by atoms with Crippen LogP contribution in [-0.4, -0.2) is 29.0 Å². The number of nitrogens with one attached hydrogen (secondary N) is 1. The number of carbonyl (C=O) groups is 1. The van der Waals surface area contributed by atoms with Crippen LogP contribution in [0.25, 0.3) is 0 Å². The van der Waals surface area contributed by atoms with Gasteiger partial charge in [-0.2, -0.15) is 0 Å². The molecule has 0 fully saturated rings. The molecule has 0 unspecified atom stereocenters. The molecule has 1 amide bonds. The topological polar surface area (TPSA) is 97.4 Å². The quantitative estimate of drug-likeness (QED) is 0.867. The second kappa shape index (κ2) is 6.54. The van der Waals surface area contributed by atoms with Gasteiger partial charge in [-0.3, -0.25) is 4.79 Å². The Kier molecular flexibility index (Phi) is 5.03. The van der Waals surface area contributed by atoms with E-state index < -0.39 is 25.8 Å². The molecule has 2 aromatic carbocycles. The summed E-state index contributed by atoms with van der Waals surface area (Å²) in [4.78, 5) is 12.0. The van der Waals surface area contributed by atoms with Gasteiger partial charge in [-0.05, 0) is 48.9 Å². The smallest absolute Gasteiger partial charge is 0.265 e. The number of rotatable bonds is 4. The number of sulfone groups is 1. The fraction of sp³-hybridized carbons (Fsp3) is 0.133. The average molecular weight is 388 g/mol. The van der Waals surface area contributed by atoms with Gasteiger partial charge in [-0.15, -0.1) is 0 Å². The molecule has 0 atom stereocenters. The van der Waals surface area contributed by atoms with E-state index in [2.05, 4.69) is 0 Å². The van der Waals surface area contributed by atoms with Crippen molar-refractivity contribution in [2.45, 2.75) is 16.7 Å². The lowest BCUT2D eigenvalue weighted by molar-refractivity contribution is 0.0981. The van der Waals surface area contributed by atoms with Gasteiger partial charge in [0, 0.05) is 16.8 Å². The summed E-state index contributed by atoms with van der Waals surface area (Å²) in [5.41, 5.74) is 0.396. The SMILES string of the molecule is Cc1ccc(C(=O)NS(=O)(=O)c2ccc(Cl)cc2)cc1S(C)(=O)=O. The minimum absolute atomic E-state index is 0.0287. The van der Waals surface area contributed by atoms with Crippen molar-refractivity contribution in [1.29, 1.82) is 0 Å². The minimum Gasteiger partial charge on any atom is -0.268 e. The number of sulfonamides is 1. The van der Waals surface area contributed by atoms with Crippen LogP contribution in [-0.2, 0) is 19.9 Å². The van der Waals surface area contributed by atoms with Gasteiger partial charge < -0.3 is 0 Å². The molecule has 0 saturated carbocycles. The van der Waals surface area contributed by atoms with Crippen LogP contribution in [0.3, 0.4) is 0 Å². The molecular weight excluding hydrogens is 374 g/mol. The van der Waals surface area contributed by atoms with Crippen molar-refractivity contribution >= 4 is 37.4 Å². The van der Waals surface area contributed by atoms with Gasteiger partial charge >= 0.3 is 0 Å². The van der Waals surface area contributed by atoms with Crippen molar-refractivity contribution in [2.24, 2.45) is 0 Å². The lowest BCUT2D eigenvalue weighted by atomic mass is 10.1. The molecule has 2 rings (SSSR count). The summed E-state index contributed by atoms with van der Waals surface area (Å²) < 4.78 is 49.7. The van der Waals surface area contributed by atoms with E-state index in [9.17, 15) is 21.6 Å². The first-order chi connectivity index (χ1) is 11.0. The molecule has 0 aliphatic carbocycles. The summed E-state index contributed by atoms with van der Waals surface area (Å²) in [6.45, 7) is 1.59. The van der Waals surface area contributed by atoms with E-state index in [1.54, 1.807) is 6.92 Å². The zero-order valence-corrected chi connectivity index (χ0v) is 15.2. The van der Waals surface area contributed by atoms with Gasteiger partial charge in [-0.25, -0.2) is 21.6 Å². The molecule has 1 N–H and O–H groups in total. The molecule has 0 heterocycles. The van der Waals surface area contributed by atoms with Crippen molar-refractivity contribution in [1.82, 2.24) is 4.72 Å². The Morgan fingerprint density at radius 1 is 1.00 bits per heavy atom. The van der Waals surface area contributed by atoms with Crippen LogP contribution in [0.15, 0.2) is 52.3 Å². The summed E-state index contributed by atoms with van der Waals surface area (Å²) in [7, 11) is -7.62. The highest BCUT2D eigenvalue weighted by Crippen LogP contribution is 2.18. The highest BCUT2D eigenvalue weighted by Gasteiger charge is 2.20. The zero-order chi connectivity index (χ0) is 18.1. The van der Waals surface area contributed by atoms with Gasteiger partial charge in [0.25, 0.3) is 15.9 Å². The molecule has 0 bridgehead atoms. The van der Waals surface area contributed by atoms with E-state index in [0.717, 1.165) is 12.3 Å². The van der Waals surface area contributed by atoms with Crippen LogP contribution >= 0.6 is 11.6 Å².